The van der Waals surface area contributed by atoms with Crippen molar-refractivity contribution in [2.75, 3.05) is 75.0 Å². The van der Waals surface area contributed by atoms with Crippen LogP contribution in [0.1, 0.15) is 52.6 Å². The van der Waals surface area contributed by atoms with E-state index in [1.165, 1.54) is 20.8 Å². The largest absolute Gasteiger partial charge is 0.460 e. The highest BCUT2D eigenvalue weighted by molar-refractivity contribution is 5.87. The Morgan fingerprint density at radius 2 is 0.686 bits per heavy atom. The summed E-state index contributed by atoms with van der Waals surface area (Å²) in [4.78, 5) is 47.3. The third-order valence-corrected chi connectivity index (χ3v) is 9.28. The molecule has 70 heavy (non-hydrogen) atoms. The molecule has 3 N–H and O–H groups in total. The molecule has 0 unspecified atom stereocenters. The van der Waals surface area contributed by atoms with Crippen molar-refractivity contribution < 1.29 is 94.8 Å². The van der Waals surface area contributed by atoms with Crippen molar-refractivity contribution in [1.29, 1.82) is 0 Å². The molecule has 0 aliphatic heterocycles. The molecule has 3 aromatic carbocycles. The van der Waals surface area contributed by atoms with Crippen molar-refractivity contribution in [3.8, 4) is 34.4 Å². The minimum absolute atomic E-state index is 0.175. The van der Waals surface area contributed by atoms with Crippen LogP contribution in [0.25, 0.3) is 34.4 Å². The molecule has 3 heterocycles. The van der Waals surface area contributed by atoms with Gasteiger partial charge in [0.2, 0.25) is 0 Å². The molecule has 0 radical (unpaired) electrons. The van der Waals surface area contributed by atoms with E-state index >= 15 is 43.9 Å². The Hall–Kier alpha value is -7.99. The number of nitrogens with zero attached hydrogens (tertiary/aromatic N) is 7. The quantitative estimate of drug-likeness (QED) is 0.0217. The van der Waals surface area contributed by atoms with Gasteiger partial charge in [-0.05, 0) is 36.2 Å². The van der Waals surface area contributed by atoms with E-state index < -0.39 is 196 Å². The highest BCUT2D eigenvalue weighted by Gasteiger charge is 2.34. The number of esters is 3. The highest BCUT2D eigenvalue weighted by Crippen LogP contribution is 2.37. The molecule has 19 nitrogen and oxygen atoms in total. The monoisotopic (exact) mass is 1010 g/mol. The first-order valence-electron chi connectivity index (χ1n) is 19.9. The van der Waals surface area contributed by atoms with Gasteiger partial charge in [-0.2, -0.15) is 15.0 Å². The number of halogens is 12. The predicted octanol–water partition coefficient (Wildman–Crippen LogP) is 6.97. The summed E-state index contributed by atoms with van der Waals surface area (Å²) in [5.74, 6) is -34.8. The van der Waals surface area contributed by atoms with Crippen LogP contribution in [0.15, 0.2) is 13.6 Å². The third-order valence-electron chi connectivity index (χ3n) is 9.28. The van der Waals surface area contributed by atoms with Crippen molar-refractivity contribution in [2.24, 2.45) is 0 Å². The lowest BCUT2D eigenvalue weighted by molar-refractivity contribution is 0.0499. The van der Waals surface area contributed by atoms with Crippen LogP contribution in [-0.2, 0) is 14.2 Å². The average molecular weight is 1010 g/mol. The second kappa shape index (κ2) is 22.0. The van der Waals surface area contributed by atoms with Crippen LogP contribution in [0.5, 0.6) is 0 Å². The van der Waals surface area contributed by atoms with Crippen molar-refractivity contribution in [3.05, 3.63) is 87.3 Å². The number of ether oxygens (including phenoxy) is 3. The summed E-state index contributed by atoms with van der Waals surface area (Å²) in [6, 6.07) is 0. The van der Waals surface area contributed by atoms with Gasteiger partial charge in [0.1, 0.15) is 28.1 Å². The van der Waals surface area contributed by atoms with Crippen molar-refractivity contribution >= 4 is 35.0 Å². The summed E-state index contributed by atoms with van der Waals surface area (Å²) in [7, 11) is 0. The molecule has 6 rings (SSSR count). The molecule has 0 amide bonds. The van der Waals surface area contributed by atoms with E-state index in [0.717, 1.165) is 4.90 Å². The molecule has 0 saturated carbocycles. The van der Waals surface area contributed by atoms with Gasteiger partial charge in [0.25, 0.3) is 35.1 Å². The van der Waals surface area contributed by atoms with Gasteiger partial charge in [0.05, 0.1) is 25.5 Å². The number of nitrogens with one attached hydrogen (secondary N) is 3. The van der Waals surface area contributed by atoms with E-state index in [2.05, 4.69) is 69.6 Å². The maximum absolute atomic E-state index is 15.3. The minimum atomic E-state index is -2.34. The first kappa shape index (κ1) is 51.4. The highest BCUT2D eigenvalue weighted by atomic mass is 19.2. The zero-order valence-electron chi connectivity index (χ0n) is 35.7. The topological polar surface area (TPSA) is 235 Å². The zero-order valence-corrected chi connectivity index (χ0v) is 35.7. The molecule has 31 heteroatoms. The summed E-state index contributed by atoms with van der Waals surface area (Å²) in [6.45, 7) is 0.0387. The van der Waals surface area contributed by atoms with E-state index in [9.17, 15) is 23.2 Å². The Bertz CT molecular complexity index is 2770. The molecular weight excluding hydrogens is 980 g/mol. The fourth-order valence-corrected chi connectivity index (χ4v) is 6.11. The molecule has 6 aromatic rings. The molecule has 0 aliphatic carbocycles. The van der Waals surface area contributed by atoms with E-state index in [4.69, 9.17) is 4.52 Å². The second-order valence-corrected chi connectivity index (χ2v) is 13.6. The van der Waals surface area contributed by atoms with Gasteiger partial charge in [0.15, 0.2) is 69.8 Å². The average Bonchev–Trinajstić information content (AvgIpc) is 4.14. The van der Waals surface area contributed by atoms with Gasteiger partial charge >= 0.3 is 17.9 Å². The van der Waals surface area contributed by atoms with Crippen LogP contribution in [0.2, 0.25) is 0 Å². The SMILES string of the molecule is CCOC(=O)c1noc(-c2c(F)c(F)c(NCCN(CCNc3c(F)c(F)c(-c4nc(C(=O)OCC)no4)c(F)c3F)CCNc3c(F)c(F)c(F)c(F)c3-c3nc(C(=O)OCC)no3)c(F)c2F)n1. The van der Waals surface area contributed by atoms with E-state index in [-0.39, 0.29) is 19.8 Å². The summed E-state index contributed by atoms with van der Waals surface area (Å²) in [5, 5.41) is 16.0. The minimum Gasteiger partial charge on any atom is -0.460 e. The fraction of sp³-hybridized carbons (Fsp3) is 0.308. The fourth-order valence-electron chi connectivity index (χ4n) is 6.11. The van der Waals surface area contributed by atoms with Gasteiger partial charge < -0.3 is 43.7 Å². The molecule has 0 bridgehead atoms. The first-order chi connectivity index (χ1) is 33.4. The lowest BCUT2D eigenvalue weighted by Gasteiger charge is -2.24. The predicted molar refractivity (Wildman–Crippen MR) is 208 cm³/mol. The zero-order chi connectivity index (χ0) is 51.1. The van der Waals surface area contributed by atoms with Gasteiger partial charge in [-0.1, -0.05) is 0 Å². The third kappa shape index (κ3) is 10.4. The Balaban J connectivity index is 1.25. The van der Waals surface area contributed by atoms with Crippen molar-refractivity contribution in [1.82, 2.24) is 35.3 Å². The second-order valence-electron chi connectivity index (χ2n) is 13.6. The maximum atomic E-state index is 15.3. The first-order valence-corrected chi connectivity index (χ1v) is 19.9. The molecule has 0 aliphatic rings. The summed E-state index contributed by atoms with van der Waals surface area (Å²) in [6.07, 6.45) is 0. The molecular formula is C39H30F12N10O9. The molecule has 374 valence electrons. The van der Waals surface area contributed by atoms with Crippen LogP contribution in [0, 0.1) is 69.8 Å². The molecule has 3 aromatic heterocycles. The number of benzene rings is 3. The van der Waals surface area contributed by atoms with E-state index in [1.807, 2.05) is 0 Å². The number of hydrogen-bond donors (Lipinski definition) is 3. The smallest absolute Gasteiger partial charge is 0.379 e. The van der Waals surface area contributed by atoms with Gasteiger partial charge in [-0.25, -0.2) is 67.1 Å². The number of anilines is 3. The van der Waals surface area contributed by atoms with Gasteiger partial charge in [-0.15, -0.1) is 0 Å². The number of hydrogen-bond acceptors (Lipinski definition) is 19. The Morgan fingerprint density at radius 1 is 0.414 bits per heavy atom. The van der Waals surface area contributed by atoms with Crippen LogP contribution >= 0.6 is 0 Å². The normalized spacial score (nSPS) is 11.3. The molecule has 0 atom stereocenters. The van der Waals surface area contributed by atoms with Crippen LogP contribution in [0.4, 0.5) is 69.7 Å². The standard InChI is InChI=1S/C39H30F12N10O9/c1-4-65-37(62)31-55-34(68-58-31)13-16(40)23(47)29(24(48)17(13)41)53-8-11-61(10-7-52-28-15(20(44)21(45)22(46)27(28)51)36-57-33(60-70-36)39(64)67-6-3)12-9-54-30-25(49)18(42)14(19(43)26(30)50)35-56-32(59-69-35)38(63)66-5-2/h52-54H,4-12H2,1-3H3. The van der Waals surface area contributed by atoms with E-state index in [0.29, 0.717) is 0 Å². The molecule has 0 fully saturated rings. The lowest BCUT2D eigenvalue weighted by atomic mass is 10.1. The van der Waals surface area contributed by atoms with Crippen molar-refractivity contribution in [3.63, 3.8) is 0 Å². The number of aromatic nitrogens is 6. The van der Waals surface area contributed by atoms with Crippen LogP contribution in [-0.4, -0.2) is 112 Å². The Morgan fingerprint density at radius 3 is 1.01 bits per heavy atom. The summed E-state index contributed by atoms with van der Waals surface area (Å²) >= 11 is 0. The molecule has 0 saturated heterocycles. The van der Waals surface area contributed by atoms with Crippen molar-refractivity contribution in [2.45, 2.75) is 20.8 Å². The summed E-state index contributed by atoms with van der Waals surface area (Å²) < 4.78 is 210. The number of rotatable bonds is 21. The lowest BCUT2D eigenvalue weighted by Crippen LogP contribution is -2.37. The molecule has 0 spiro atoms. The Kier molecular flexibility index (Phi) is 16.1. The van der Waals surface area contributed by atoms with Gasteiger partial charge in [-0.3, -0.25) is 4.90 Å². The maximum Gasteiger partial charge on any atom is 0.379 e. The van der Waals surface area contributed by atoms with Gasteiger partial charge in [0, 0.05) is 39.3 Å². The van der Waals surface area contributed by atoms with E-state index in [1.54, 1.807) is 0 Å². The Labute approximate surface area is 382 Å². The summed E-state index contributed by atoms with van der Waals surface area (Å²) in [5.41, 5.74) is -8.25. The van der Waals surface area contributed by atoms with Crippen LogP contribution in [0.3, 0.4) is 0 Å². The number of carbonyl (C=O) groups excluding carboxylic acids is 3. The van der Waals surface area contributed by atoms with Crippen LogP contribution < -0.4 is 16.0 Å². The number of carbonyl (C=O) groups is 3.